The van der Waals surface area contributed by atoms with E-state index in [1.165, 1.54) is 10.5 Å². The summed E-state index contributed by atoms with van der Waals surface area (Å²) in [5.74, 6) is 0.157. The van der Waals surface area contributed by atoms with Crippen molar-refractivity contribution in [2.45, 2.75) is 32.3 Å². The van der Waals surface area contributed by atoms with Gasteiger partial charge in [0.05, 0.1) is 5.52 Å². The van der Waals surface area contributed by atoms with Crippen LogP contribution in [0.25, 0.3) is 16.8 Å². The predicted octanol–water partition coefficient (Wildman–Crippen LogP) is 2.94. The largest absolute Gasteiger partial charge is 0.477 e. The van der Waals surface area contributed by atoms with E-state index in [0.29, 0.717) is 11.5 Å². The zero-order valence-electron chi connectivity index (χ0n) is 13.7. The van der Waals surface area contributed by atoms with Crippen molar-refractivity contribution in [3.8, 4) is 11.3 Å². The number of aliphatic hydroxyl groups is 1. The number of fused-ring (bicyclic) bond motifs is 1. The number of aliphatic hydroxyl groups excluding tert-OH is 1. The number of aromatic carboxylic acids is 1. The number of furan rings is 1. The van der Waals surface area contributed by atoms with E-state index in [0.717, 1.165) is 35.0 Å². The van der Waals surface area contributed by atoms with E-state index in [9.17, 15) is 19.8 Å². The van der Waals surface area contributed by atoms with Crippen LogP contribution in [0.2, 0.25) is 0 Å². The average Bonchev–Trinajstić information content (AvgIpc) is 3.32. The summed E-state index contributed by atoms with van der Waals surface area (Å²) in [6.07, 6.45) is 3.58. The molecule has 3 aromatic rings. The van der Waals surface area contributed by atoms with Gasteiger partial charge in [-0.05, 0) is 61.1 Å². The Balaban J connectivity index is 2.03. The van der Waals surface area contributed by atoms with E-state index < -0.39 is 11.5 Å². The van der Waals surface area contributed by atoms with Gasteiger partial charge in [-0.25, -0.2) is 4.79 Å². The lowest BCUT2D eigenvalue weighted by Gasteiger charge is -2.14. The van der Waals surface area contributed by atoms with Crippen molar-refractivity contribution < 1.29 is 19.4 Å². The van der Waals surface area contributed by atoms with Gasteiger partial charge >= 0.3 is 5.97 Å². The first-order chi connectivity index (χ1) is 12.0. The lowest BCUT2D eigenvalue weighted by atomic mass is 9.99. The van der Waals surface area contributed by atoms with Crippen LogP contribution in [0.5, 0.6) is 0 Å². The number of nitrogens with zero attached hydrogens (tertiary/aromatic N) is 1. The fraction of sp³-hybridized carbons (Fsp3) is 0.263. The van der Waals surface area contributed by atoms with Crippen molar-refractivity contribution in [1.29, 1.82) is 0 Å². The Morgan fingerprint density at radius 2 is 2.08 bits per heavy atom. The van der Waals surface area contributed by atoms with Crippen LogP contribution in [0.3, 0.4) is 0 Å². The van der Waals surface area contributed by atoms with Gasteiger partial charge in [0, 0.05) is 11.8 Å². The molecule has 128 valence electrons. The number of hydrogen-bond acceptors (Lipinski definition) is 4. The minimum Gasteiger partial charge on any atom is -0.477 e. The molecule has 0 amide bonds. The molecule has 0 aliphatic heterocycles. The van der Waals surface area contributed by atoms with Crippen LogP contribution in [0.15, 0.2) is 39.7 Å². The fourth-order valence-corrected chi connectivity index (χ4v) is 3.33. The molecule has 3 heterocycles. The third-order valence-corrected chi connectivity index (χ3v) is 4.74. The third-order valence-electron chi connectivity index (χ3n) is 4.74. The molecular formula is C19H17NO5. The number of aryl methyl sites for hydroxylation is 1. The molecule has 1 aliphatic carbocycles. The van der Waals surface area contributed by atoms with Crippen LogP contribution in [0.4, 0.5) is 0 Å². The van der Waals surface area contributed by atoms with Gasteiger partial charge in [0.25, 0.3) is 5.56 Å². The second-order valence-electron chi connectivity index (χ2n) is 6.40. The molecule has 0 atom stereocenters. The van der Waals surface area contributed by atoms with Gasteiger partial charge in [-0.2, -0.15) is 0 Å². The van der Waals surface area contributed by atoms with E-state index in [2.05, 4.69) is 0 Å². The summed E-state index contributed by atoms with van der Waals surface area (Å²) >= 11 is 0. The van der Waals surface area contributed by atoms with Crippen LogP contribution in [-0.4, -0.2) is 20.6 Å². The number of hydrogen-bond donors (Lipinski definition) is 2. The summed E-state index contributed by atoms with van der Waals surface area (Å²) in [5, 5.41) is 18.5. The molecule has 4 rings (SSSR count). The molecule has 0 bridgehead atoms. The van der Waals surface area contributed by atoms with Gasteiger partial charge < -0.3 is 14.6 Å². The fourth-order valence-electron chi connectivity index (χ4n) is 3.33. The highest BCUT2D eigenvalue weighted by molar-refractivity contribution is 5.89. The minimum atomic E-state index is -1.21. The van der Waals surface area contributed by atoms with Crippen LogP contribution in [0, 0.1) is 6.92 Å². The second kappa shape index (κ2) is 5.60. The van der Waals surface area contributed by atoms with Crippen molar-refractivity contribution in [3.05, 3.63) is 63.3 Å². The van der Waals surface area contributed by atoms with Crippen LogP contribution < -0.4 is 5.56 Å². The summed E-state index contributed by atoms with van der Waals surface area (Å²) in [7, 11) is 0. The molecule has 1 fully saturated rings. The summed E-state index contributed by atoms with van der Waals surface area (Å²) in [5.41, 5.74) is 2.59. The molecule has 25 heavy (non-hydrogen) atoms. The van der Waals surface area contributed by atoms with Gasteiger partial charge in [-0.15, -0.1) is 0 Å². The maximum atomic E-state index is 12.5. The number of carbonyl (C=O) groups is 1. The highest BCUT2D eigenvalue weighted by atomic mass is 16.4. The average molecular weight is 339 g/mol. The number of rotatable bonds is 4. The summed E-state index contributed by atoms with van der Waals surface area (Å²) < 4.78 is 7.05. The van der Waals surface area contributed by atoms with Gasteiger partial charge in [0.2, 0.25) is 0 Å². The van der Waals surface area contributed by atoms with Gasteiger partial charge in [0.15, 0.2) is 0 Å². The molecule has 1 aliphatic rings. The third kappa shape index (κ3) is 2.46. The van der Waals surface area contributed by atoms with Crippen molar-refractivity contribution in [1.82, 2.24) is 4.40 Å². The molecule has 0 unspecified atom stereocenters. The Morgan fingerprint density at radius 1 is 1.32 bits per heavy atom. The van der Waals surface area contributed by atoms with Crippen LogP contribution in [0.1, 0.15) is 46.0 Å². The molecule has 6 nitrogen and oxygen atoms in total. The van der Waals surface area contributed by atoms with E-state index >= 15 is 0 Å². The first kappa shape index (κ1) is 15.7. The minimum absolute atomic E-state index is 0.179. The van der Waals surface area contributed by atoms with Gasteiger partial charge in [0.1, 0.15) is 23.7 Å². The van der Waals surface area contributed by atoms with E-state index in [1.54, 1.807) is 24.4 Å². The van der Waals surface area contributed by atoms with Crippen LogP contribution in [-0.2, 0) is 6.61 Å². The quantitative estimate of drug-likeness (QED) is 0.762. The highest BCUT2D eigenvalue weighted by Gasteiger charge is 2.29. The lowest BCUT2D eigenvalue weighted by Crippen LogP contribution is -2.23. The van der Waals surface area contributed by atoms with Crippen molar-refractivity contribution in [3.63, 3.8) is 0 Å². The van der Waals surface area contributed by atoms with Crippen molar-refractivity contribution >= 4 is 11.5 Å². The summed E-state index contributed by atoms with van der Waals surface area (Å²) in [6.45, 7) is 1.72. The highest BCUT2D eigenvalue weighted by Crippen LogP contribution is 2.43. The van der Waals surface area contributed by atoms with E-state index in [4.69, 9.17) is 4.42 Å². The smallest absolute Gasteiger partial charge is 0.341 e. The number of pyridine rings is 2. The number of carboxylic acid groups (broad SMARTS) is 1. The molecule has 0 aromatic carbocycles. The molecule has 0 radical (unpaired) electrons. The lowest BCUT2D eigenvalue weighted by molar-refractivity contribution is 0.0694. The molecule has 3 aromatic heterocycles. The van der Waals surface area contributed by atoms with Gasteiger partial charge in [-0.1, -0.05) is 0 Å². The normalized spacial score (nSPS) is 14.2. The van der Waals surface area contributed by atoms with Crippen molar-refractivity contribution in [2.75, 3.05) is 0 Å². The van der Waals surface area contributed by atoms with E-state index in [1.807, 2.05) is 6.92 Å². The Bertz CT molecular complexity index is 1060. The van der Waals surface area contributed by atoms with Crippen molar-refractivity contribution in [2.24, 2.45) is 0 Å². The van der Waals surface area contributed by atoms with Crippen LogP contribution >= 0.6 is 0 Å². The monoisotopic (exact) mass is 339 g/mol. The molecule has 0 spiro atoms. The molecular weight excluding hydrogens is 322 g/mol. The number of carboxylic acids is 1. The Hall–Kier alpha value is -2.86. The Kier molecular flexibility index (Phi) is 3.51. The van der Waals surface area contributed by atoms with Gasteiger partial charge in [-0.3, -0.25) is 9.20 Å². The standard InChI is InChI=1S/C19H17NO5/c1-10-13(16-5-4-12(9-21)25-16)6-7-20-17(10)14(11-2-3-11)8-15(18(20)22)19(23)24/h4-8,11,21H,2-3,9H2,1H3,(H,23,24). The molecule has 6 heteroatoms. The zero-order valence-corrected chi connectivity index (χ0v) is 13.7. The predicted molar refractivity (Wildman–Crippen MR) is 91.0 cm³/mol. The summed E-state index contributed by atoms with van der Waals surface area (Å²) in [4.78, 5) is 24.0. The topological polar surface area (TPSA) is 92.2 Å². The number of aromatic nitrogens is 1. The maximum absolute atomic E-state index is 12.5. The first-order valence-corrected chi connectivity index (χ1v) is 8.13. The molecule has 0 saturated heterocycles. The van der Waals surface area contributed by atoms with E-state index in [-0.39, 0.29) is 18.1 Å². The Labute approximate surface area is 143 Å². The molecule has 1 saturated carbocycles. The Morgan fingerprint density at radius 3 is 2.68 bits per heavy atom. The molecule has 2 N–H and O–H groups in total. The first-order valence-electron chi connectivity index (χ1n) is 8.13. The summed E-state index contributed by atoms with van der Waals surface area (Å²) in [6, 6.07) is 6.76. The SMILES string of the molecule is Cc1c(-c2ccc(CO)o2)ccn2c(=O)c(C(=O)O)cc(C3CC3)c12. The zero-order chi connectivity index (χ0) is 17.7. The maximum Gasteiger partial charge on any atom is 0.341 e. The second-order valence-corrected chi connectivity index (χ2v) is 6.40.